The molecule has 0 bridgehead atoms. The van der Waals surface area contributed by atoms with Crippen molar-refractivity contribution in [2.45, 2.75) is 6.92 Å². The highest BCUT2D eigenvalue weighted by Crippen LogP contribution is 2.30. The number of amides is 2. The molecule has 0 aliphatic carbocycles. The van der Waals surface area contributed by atoms with E-state index in [9.17, 15) is 9.59 Å². The first-order valence-electron chi connectivity index (χ1n) is 11.2. The number of fused-ring (bicyclic) bond motifs is 1. The van der Waals surface area contributed by atoms with Crippen LogP contribution >= 0.6 is 0 Å². The van der Waals surface area contributed by atoms with Crippen LogP contribution < -0.4 is 15.4 Å². The Bertz CT molecular complexity index is 1420. The highest BCUT2D eigenvalue weighted by Gasteiger charge is 2.21. The molecular formula is C25H25N7O3. The highest BCUT2D eigenvalue weighted by atomic mass is 16.5. The first-order valence-corrected chi connectivity index (χ1v) is 11.2. The Balaban J connectivity index is 1.39. The van der Waals surface area contributed by atoms with Crippen LogP contribution in [-0.4, -0.2) is 62.7 Å². The number of hydrogen-bond donors (Lipinski definition) is 2. The fourth-order valence-corrected chi connectivity index (χ4v) is 3.92. The molecule has 3 heterocycles. The van der Waals surface area contributed by atoms with E-state index in [4.69, 9.17) is 4.74 Å². The van der Waals surface area contributed by atoms with Crippen molar-refractivity contribution in [3.63, 3.8) is 0 Å². The van der Waals surface area contributed by atoms with Crippen LogP contribution in [0.3, 0.4) is 0 Å². The van der Waals surface area contributed by atoms with Crippen LogP contribution in [0.2, 0.25) is 0 Å². The fourth-order valence-electron chi connectivity index (χ4n) is 3.92. The lowest BCUT2D eigenvalue weighted by molar-refractivity contribution is -0.139. The van der Waals surface area contributed by atoms with Crippen LogP contribution in [-0.2, 0) is 16.6 Å². The first-order chi connectivity index (χ1) is 16.9. The average molecular weight is 472 g/mol. The average Bonchev–Trinajstić information content (AvgIpc) is 3.29. The largest absolute Gasteiger partial charge is 0.484 e. The zero-order chi connectivity index (χ0) is 24.4. The maximum atomic E-state index is 12.6. The van der Waals surface area contributed by atoms with Gasteiger partial charge in [-0.2, -0.15) is 5.10 Å². The number of benzene rings is 2. The number of carbonyl (C=O) groups is 2. The van der Waals surface area contributed by atoms with Crippen molar-refractivity contribution in [1.82, 2.24) is 30.0 Å². The molecule has 2 N–H and O–H groups in total. The molecule has 10 nitrogen and oxygen atoms in total. The lowest BCUT2D eigenvalue weighted by Gasteiger charge is -2.26. The topological polar surface area (TPSA) is 114 Å². The molecule has 4 aromatic rings. The van der Waals surface area contributed by atoms with Gasteiger partial charge in [-0.3, -0.25) is 14.3 Å². The summed E-state index contributed by atoms with van der Waals surface area (Å²) in [6.07, 6.45) is 5.44. The van der Waals surface area contributed by atoms with Gasteiger partial charge >= 0.3 is 0 Å². The molecule has 0 spiro atoms. The third-order valence-electron chi connectivity index (χ3n) is 5.69. The zero-order valence-electron chi connectivity index (χ0n) is 19.5. The van der Waals surface area contributed by atoms with Gasteiger partial charge in [-0.15, -0.1) is 0 Å². The van der Waals surface area contributed by atoms with Crippen molar-refractivity contribution in [3.8, 4) is 16.9 Å². The molecule has 2 aromatic heterocycles. The van der Waals surface area contributed by atoms with E-state index in [-0.39, 0.29) is 25.0 Å². The Morgan fingerprint density at radius 1 is 1.17 bits per heavy atom. The molecule has 35 heavy (non-hydrogen) atoms. The summed E-state index contributed by atoms with van der Waals surface area (Å²) in [5, 5.41) is 11.2. The van der Waals surface area contributed by atoms with Crippen LogP contribution in [0.1, 0.15) is 5.56 Å². The van der Waals surface area contributed by atoms with Gasteiger partial charge in [-0.25, -0.2) is 9.97 Å². The summed E-state index contributed by atoms with van der Waals surface area (Å²) in [6.45, 7) is 2.82. The minimum atomic E-state index is -0.241. The summed E-state index contributed by atoms with van der Waals surface area (Å²) in [4.78, 5) is 34.7. The Kier molecular flexibility index (Phi) is 6.01. The highest BCUT2D eigenvalue weighted by molar-refractivity contribution is 5.86. The Morgan fingerprint density at radius 3 is 2.86 bits per heavy atom. The van der Waals surface area contributed by atoms with Gasteiger partial charge in [0.05, 0.1) is 18.3 Å². The fraction of sp³-hybridized carbons (Fsp3) is 0.240. The first kappa shape index (κ1) is 22.3. The molecule has 178 valence electrons. The number of hydrogen-bond acceptors (Lipinski definition) is 7. The van der Waals surface area contributed by atoms with Gasteiger partial charge in [0.15, 0.2) is 6.61 Å². The van der Waals surface area contributed by atoms with Crippen molar-refractivity contribution in [2.24, 2.45) is 7.05 Å². The number of nitrogens with one attached hydrogen (secondary N) is 2. The number of ether oxygens (including phenoxy) is 1. The monoisotopic (exact) mass is 471 g/mol. The van der Waals surface area contributed by atoms with Gasteiger partial charge in [-0.05, 0) is 36.8 Å². The van der Waals surface area contributed by atoms with Crippen LogP contribution in [0.25, 0.3) is 22.0 Å². The molecule has 0 unspecified atom stereocenters. The van der Waals surface area contributed by atoms with Gasteiger partial charge in [-0.1, -0.05) is 11.6 Å². The molecule has 5 rings (SSSR count). The molecule has 2 aromatic carbocycles. The predicted molar refractivity (Wildman–Crippen MR) is 131 cm³/mol. The second-order valence-corrected chi connectivity index (χ2v) is 8.48. The van der Waals surface area contributed by atoms with Crippen LogP contribution in [0.4, 0.5) is 11.6 Å². The van der Waals surface area contributed by atoms with Gasteiger partial charge < -0.3 is 20.3 Å². The van der Waals surface area contributed by atoms with E-state index in [1.165, 1.54) is 4.90 Å². The quantitative estimate of drug-likeness (QED) is 0.444. The molecular weight excluding hydrogens is 446 g/mol. The number of nitrogens with zero attached hydrogens (tertiary/aromatic N) is 5. The minimum absolute atomic E-state index is 0.0452. The van der Waals surface area contributed by atoms with E-state index in [0.717, 1.165) is 27.6 Å². The number of carbonyl (C=O) groups excluding carboxylic acids is 2. The number of rotatable bonds is 6. The van der Waals surface area contributed by atoms with Crippen molar-refractivity contribution >= 4 is 34.4 Å². The van der Waals surface area contributed by atoms with Crippen LogP contribution in [0, 0.1) is 6.92 Å². The third kappa shape index (κ3) is 5.21. The minimum Gasteiger partial charge on any atom is -0.484 e. The summed E-state index contributed by atoms with van der Waals surface area (Å²) >= 11 is 0. The van der Waals surface area contributed by atoms with Gasteiger partial charge in [0.25, 0.3) is 5.91 Å². The van der Waals surface area contributed by atoms with Crippen molar-refractivity contribution in [1.29, 1.82) is 0 Å². The molecule has 10 heteroatoms. The Morgan fingerprint density at radius 2 is 2.06 bits per heavy atom. The van der Waals surface area contributed by atoms with E-state index < -0.39 is 0 Å². The Labute approximate surface area is 201 Å². The molecule has 0 atom stereocenters. The molecule has 2 amide bonds. The number of aryl methyl sites for hydroxylation is 2. The summed E-state index contributed by atoms with van der Waals surface area (Å²) in [6, 6.07) is 11.6. The summed E-state index contributed by atoms with van der Waals surface area (Å²) in [5.41, 5.74) is 4.45. The van der Waals surface area contributed by atoms with Gasteiger partial charge in [0.1, 0.15) is 5.75 Å². The van der Waals surface area contributed by atoms with E-state index in [2.05, 4.69) is 25.7 Å². The smallest absolute Gasteiger partial charge is 0.261 e. The molecule has 0 radical (unpaired) electrons. The summed E-state index contributed by atoms with van der Waals surface area (Å²) < 4.78 is 7.57. The lowest BCUT2D eigenvalue weighted by atomic mass is 10.1. The number of piperazine rings is 1. The summed E-state index contributed by atoms with van der Waals surface area (Å²) in [7, 11) is 1.85. The van der Waals surface area contributed by atoms with Crippen LogP contribution in [0.15, 0.2) is 55.0 Å². The van der Waals surface area contributed by atoms with E-state index in [1.54, 1.807) is 23.1 Å². The normalized spacial score (nSPS) is 13.5. The molecule has 1 fully saturated rings. The van der Waals surface area contributed by atoms with E-state index in [0.29, 0.717) is 30.5 Å². The second-order valence-electron chi connectivity index (χ2n) is 8.48. The number of anilines is 2. The molecule has 1 saturated heterocycles. The van der Waals surface area contributed by atoms with E-state index in [1.807, 2.05) is 50.5 Å². The lowest BCUT2D eigenvalue weighted by Crippen LogP contribution is -2.51. The molecule has 1 aliphatic rings. The second kappa shape index (κ2) is 9.41. The SMILES string of the molecule is Cc1ccc2nc(Nc3cc(OCC(=O)N4CCNC(=O)C4)cc(-c4cnn(C)c4)c3)ncc2c1. The summed E-state index contributed by atoms with van der Waals surface area (Å²) in [5.74, 6) is 0.542. The van der Waals surface area contributed by atoms with Crippen LogP contribution in [0.5, 0.6) is 5.75 Å². The van der Waals surface area contributed by atoms with E-state index >= 15 is 0 Å². The standard InChI is InChI=1S/C25H25N7O3/c1-16-3-4-22-18(7-16)11-27-25(30-22)29-20-8-17(19-12-28-31(2)13-19)9-21(10-20)35-15-24(34)32-6-5-26-23(33)14-32/h3-4,7-13H,5-6,14-15H2,1-2H3,(H,26,33)(H,27,29,30). The Hall–Kier alpha value is -4.47. The van der Waals surface area contributed by atoms with Crippen molar-refractivity contribution in [2.75, 3.05) is 31.6 Å². The van der Waals surface area contributed by atoms with Crippen molar-refractivity contribution in [3.05, 3.63) is 60.6 Å². The third-order valence-corrected chi connectivity index (χ3v) is 5.69. The number of aromatic nitrogens is 4. The molecule has 0 saturated carbocycles. The molecule has 1 aliphatic heterocycles. The maximum Gasteiger partial charge on any atom is 0.261 e. The zero-order valence-corrected chi connectivity index (χ0v) is 19.5. The predicted octanol–water partition coefficient (Wildman–Crippen LogP) is 2.42. The van der Waals surface area contributed by atoms with Gasteiger partial charge in [0.2, 0.25) is 11.9 Å². The van der Waals surface area contributed by atoms with Crippen molar-refractivity contribution < 1.29 is 14.3 Å². The maximum absolute atomic E-state index is 12.6. The van der Waals surface area contributed by atoms with Gasteiger partial charge in [0, 0.05) is 55.2 Å².